The smallest absolute Gasteiger partial charge is 0.257 e. The van der Waals surface area contributed by atoms with Crippen LogP contribution >= 0.6 is 0 Å². The topological polar surface area (TPSA) is 101 Å². The maximum absolute atomic E-state index is 13.4. The van der Waals surface area contributed by atoms with Gasteiger partial charge in [0.25, 0.3) is 5.91 Å². The molecule has 3 rings (SSSR count). The van der Waals surface area contributed by atoms with Crippen LogP contribution < -0.4 is 4.74 Å². The highest BCUT2D eigenvalue weighted by Gasteiger charge is 2.34. The average molecular weight is 474 g/mol. The van der Waals surface area contributed by atoms with Gasteiger partial charge in [0.2, 0.25) is 5.91 Å². The monoisotopic (exact) mass is 473 g/mol. The van der Waals surface area contributed by atoms with Gasteiger partial charge in [0.15, 0.2) is 0 Å². The maximum atomic E-state index is 13.4. The van der Waals surface area contributed by atoms with Crippen LogP contribution in [0, 0.1) is 17.2 Å². The summed E-state index contributed by atoms with van der Waals surface area (Å²) in [6.07, 6.45) is 1.40. The number of hydrogen-bond donors (Lipinski definition) is 0. The number of hydrogen-bond acceptors (Lipinski definition) is 7. The highest BCUT2D eigenvalue weighted by molar-refractivity contribution is 5.97. The second kappa shape index (κ2) is 11.6. The molecule has 2 aliphatic heterocycles. The zero-order chi connectivity index (χ0) is 24.8. The largest absolute Gasteiger partial charge is 0.490 e. The van der Waals surface area contributed by atoms with Crippen molar-refractivity contribution in [3.05, 3.63) is 29.3 Å². The molecule has 2 aliphatic rings. The Morgan fingerprint density at radius 1 is 1.06 bits per heavy atom. The Morgan fingerprint density at radius 2 is 1.79 bits per heavy atom. The Hall–Kier alpha value is -2.67. The van der Waals surface area contributed by atoms with Gasteiger partial charge < -0.3 is 28.7 Å². The Bertz CT molecular complexity index is 916. The lowest BCUT2D eigenvalue weighted by atomic mass is 9.98. The first kappa shape index (κ1) is 25.9. The third-order valence-electron chi connectivity index (χ3n) is 6.81. The Labute approximate surface area is 201 Å². The Balaban J connectivity index is 1.96. The van der Waals surface area contributed by atoms with E-state index in [0.717, 1.165) is 12.8 Å². The van der Waals surface area contributed by atoms with E-state index in [1.807, 2.05) is 6.92 Å². The molecule has 0 spiro atoms. The molecule has 0 radical (unpaired) electrons. The lowest BCUT2D eigenvalue weighted by molar-refractivity contribution is -0.147. The van der Waals surface area contributed by atoms with Gasteiger partial charge in [-0.05, 0) is 37.5 Å². The predicted octanol–water partition coefficient (Wildman–Crippen LogP) is 2.08. The van der Waals surface area contributed by atoms with Gasteiger partial charge in [0.05, 0.1) is 41.4 Å². The molecule has 2 bridgehead atoms. The van der Waals surface area contributed by atoms with Crippen molar-refractivity contribution in [2.45, 2.75) is 50.6 Å². The van der Waals surface area contributed by atoms with Gasteiger partial charge in [-0.1, -0.05) is 6.92 Å². The van der Waals surface area contributed by atoms with Gasteiger partial charge in [-0.25, -0.2) is 0 Å². The van der Waals surface area contributed by atoms with Crippen LogP contribution in [0.25, 0.3) is 0 Å². The molecule has 0 N–H and O–H groups in total. The molecule has 0 saturated carbocycles. The van der Waals surface area contributed by atoms with Crippen LogP contribution in [0.2, 0.25) is 0 Å². The molecule has 9 heteroatoms. The molecule has 2 amide bonds. The van der Waals surface area contributed by atoms with Gasteiger partial charge in [-0.15, -0.1) is 0 Å². The van der Waals surface area contributed by atoms with E-state index in [0.29, 0.717) is 24.3 Å². The number of fused-ring (bicyclic) bond motifs is 3. The second-order valence-corrected chi connectivity index (χ2v) is 9.08. The zero-order valence-electron chi connectivity index (χ0n) is 20.7. The average Bonchev–Trinajstić information content (AvgIpc) is 2.86. The van der Waals surface area contributed by atoms with Crippen LogP contribution in [0.15, 0.2) is 18.2 Å². The minimum atomic E-state index is -0.488. The molecule has 1 fully saturated rings. The van der Waals surface area contributed by atoms with Crippen molar-refractivity contribution in [2.75, 3.05) is 48.0 Å². The van der Waals surface area contributed by atoms with Crippen LogP contribution in [0.3, 0.4) is 0 Å². The summed E-state index contributed by atoms with van der Waals surface area (Å²) in [5.41, 5.74) is 0.636. The zero-order valence-corrected chi connectivity index (χ0v) is 20.7. The number of ether oxygens (including phenoxy) is 4. The summed E-state index contributed by atoms with van der Waals surface area (Å²) in [4.78, 5) is 29.7. The summed E-state index contributed by atoms with van der Waals surface area (Å²) >= 11 is 0. The molecule has 1 saturated heterocycles. The van der Waals surface area contributed by atoms with E-state index in [9.17, 15) is 14.9 Å². The second-order valence-electron chi connectivity index (χ2n) is 9.08. The minimum absolute atomic E-state index is 0.0233. The number of carbonyl (C=O) groups is 2. The first-order valence-electron chi connectivity index (χ1n) is 11.7. The van der Waals surface area contributed by atoms with Crippen molar-refractivity contribution in [3.8, 4) is 11.8 Å². The van der Waals surface area contributed by atoms with Gasteiger partial charge in [-0.2, -0.15) is 5.26 Å². The SMILES string of the molecule is CO[C@H]1CN(C)C(=O)c2cc(C#N)ccc2OC[C@@H]2O[C@@H](CC[C@H]2OC)CCN(C)C(=O)[C@@H]1C. The van der Waals surface area contributed by atoms with E-state index in [2.05, 4.69) is 6.07 Å². The standard InChI is InChI=1S/C25H35N3O6/c1-16-22(32-5)14-28(3)25(30)19-12-17(13-26)6-8-20(19)33-15-23-21(31-4)9-7-18(34-23)10-11-27(2)24(16)29/h6,8,12,16,18,21-23H,7,9-11,14-15H2,1-5H3/t16-,18+,21-,22+,23+/m1/s1. The van der Waals surface area contributed by atoms with Crippen LogP contribution in [-0.4, -0.2) is 94.0 Å². The van der Waals surface area contributed by atoms with Crippen LogP contribution in [0.4, 0.5) is 0 Å². The fourth-order valence-electron chi connectivity index (χ4n) is 4.58. The van der Waals surface area contributed by atoms with Crippen molar-refractivity contribution >= 4 is 11.8 Å². The number of methoxy groups -OCH3 is 2. The quantitative estimate of drug-likeness (QED) is 0.648. The summed E-state index contributed by atoms with van der Waals surface area (Å²) in [5.74, 6) is -0.434. The molecule has 1 aromatic carbocycles. The summed E-state index contributed by atoms with van der Waals surface area (Å²) in [5, 5.41) is 9.36. The van der Waals surface area contributed by atoms with E-state index in [-0.39, 0.29) is 48.8 Å². The molecule has 2 heterocycles. The molecule has 186 valence electrons. The highest BCUT2D eigenvalue weighted by Crippen LogP contribution is 2.28. The molecule has 34 heavy (non-hydrogen) atoms. The fourth-order valence-corrected chi connectivity index (χ4v) is 4.58. The van der Waals surface area contributed by atoms with Crippen molar-refractivity contribution in [2.24, 2.45) is 5.92 Å². The Kier molecular flexibility index (Phi) is 8.89. The molecular weight excluding hydrogens is 438 g/mol. The van der Waals surface area contributed by atoms with Crippen molar-refractivity contribution in [3.63, 3.8) is 0 Å². The molecule has 1 aromatic rings. The number of nitrogens with zero attached hydrogens (tertiary/aromatic N) is 3. The lowest BCUT2D eigenvalue weighted by Gasteiger charge is -2.37. The van der Waals surface area contributed by atoms with Gasteiger partial charge in [0, 0.05) is 41.4 Å². The molecule has 5 atom stereocenters. The van der Waals surface area contributed by atoms with Gasteiger partial charge in [0.1, 0.15) is 18.5 Å². The summed E-state index contributed by atoms with van der Waals surface area (Å²) in [7, 11) is 6.62. The normalized spacial score (nSPS) is 29.2. The lowest BCUT2D eigenvalue weighted by Crippen LogP contribution is -2.47. The van der Waals surface area contributed by atoms with E-state index < -0.39 is 12.0 Å². The fraction of sp³-hybridized carbons (Fsp3) is 0.640. The molecule has 0 unspecified atom stereocenters. The number of nitriles is 1. The predicted molar refractivity (Wildman–Crippen MR) is 125 cm³/mol. The van der Waals surface area contributed by atoms with Crippen molar-refractivity contribution in [1.29, 1.82) is 5.26 Å². The molecular formula is C25H35N3O6. The van der Waals surface area contributed by atoms with E-state index in [4.69, 9.17) is 18.9 Å². The number of rotatable bonds is 2. The van der Waals surface area contributed by atoms with E-state index in [1.54, 1.807) is 38.2 Å². The first-order chi connectivity index (χ1) is 16.3. The molecule has 0 aliphatic carbocycles. The van der Waals surface area contributed by atoms with Crippen LogP contribution in [-0.2, 0) is 19.0 Å². The van der Waals surface area contributed by atoms with Crippen LogP contribution in [0.1, 0.15) is 42.1 Å². The Morgan fingerprint density at radius 3 is 2.47 bits per heavy atom. The number of likely N-dealkylation sites (N-methyl/N-ethyl adjacent to an activating group) is 1. The van der Waals surface area contributed by atoms with Gasteiger partial charge in [-0.3, -0.25) is 9.59 Å². The van der Waals surface area contributed by atoms with E-state index in [1.165, 1.54) is 18.1 Å². The summed E-state index contributed by atoms with van der Waals surface area (Å²) in [6, 6.07) is 6.86. The van der Waals surface area contributed by atoms with E-state index >= 15 is 0 Å². The van der Waals surface area contributed by atoms with Gasteiger partial charge >= 0.3 is 0 Å². The maximum Gasteiger partial charge on any atom is 0.257 e. The number of carbonyl (C=O) groups excluding carboxylic acids is 2. The minimum Gasteiger partial charge on any atom is -0.490 e. The third-order valence-corrected chi connectivity index (χ3v) is 6.81. The van der Waals surface area contributed by atoms with Crippen molar-refractivity contribution < 1.29 is 28.5 Å². The first-order valence-corrected chi connectivity index (χ1v) is 11.7. The summed E-state index contributed by atoms with van der Waals surface area (Å²) < 4.78 is 23.6. The third kappa shape index (κ3) is 5.87. The van der Waals surface area contributed by atoms with Crippen LogP contribution in [0.5, 0.6) is 5.75 Å². The molecule has 9 nitrogen and oxygen atoms in total. The number of benzene rings is 1. The van der Waals surface area contributed by atoms with Crippen molar-refractivity contribution in [1.82, 2.24) is 9.80 Å². The molecule has 0 aromatic heterocycles. The summed E-state index contributed by atoms with van der Waals surface area (Å²) in [6.45, 7) is 2.80. The number of amides is 2. The highest BCUT2D eigenvalue weighted by atomic mass is 16.6.